The van der Waals surface area contributed by atoms with Gasteiger partial charge in [0, 0.05) is 17.8 Å². The molecule has 23 heavy (non-hydrogen) atoms. The van der Waals surface area contributed by atoms with Crippen LogP contribution in [0.15, 0.2) is 18.2 Å². The van der Waals surface area contributed by atoms with Gasteiger partial charge in [-0.25, -0.2) is 8.78 Å². The second-order valence-corrected chi connectivity index (χ2v) is 5.77. The van der Waals surface area contributed by atoms with Crippen LogP contribution in [-0.2, 0) is 9.59 Å². The molecule has 0 spiro atoms. The number of benzene rings is 1. The van der Waals surface area contributed by atoms with Gasteiger partial charge in [0.2, 0.25) is 11.8 Å². The number of carbonyl (C=O) groups is 2. The van der Waals surface area contributed by atoms with E-state index in [1.165, 1.54) is 12.5 Å². The van der Waals surface area contributed by atoms with E-state index in [9.17, 15) is 18.4 Å². The first-order valence-corrected chi connectivity index (χ1v) is 7.71. The van der Waals surface area contributed by atoms with Crippen LogP contribution in [0.3, 0.4) is 0 Å². The summed E-state index contributed by atoms with van der Waals surface area (Å²) in [5, 5.41) is 4.94. The third kappa shape index (κ3) is 5.28. The van der Waals surface area contributed by atoms with Crippen LogP contribution in [0, 0.1) is 11.6 Å². The van der Waals surface area contributed by atoms with Crippen LogP contribution in [-0.4, -0.2) is 42.4 Å². The Morgan fingerprint density at radius 1 is 1.22 bits per heavy atom. The van der Waals surface area contributed by atoms with Crippen LogP contribution in [0.5, 0.6) is 0 Å². The lowest BCUT2D eigenvalue weighted by Gasteiger charge is -2.32. The molecule has 0 bridgehead atoms. The van der Waals surface area contributed by atoms with Crippen LogP contribution >= 0.6 is 0 Å². The Labute approximate surface area is 134 Å². The first-order chi connectivity index (χ1) is 11.0. The summed E-state index contributed by atoms with van der Waals surface area (Å²) >= 11 is 0. The minimum Gasteiger partial charge on any atom is -0.346 e. The molecule has 1 aliphatic rings. The van der Waals surface area contributed by atoms with Gasteiger partial charge in [-0.05, 0) is 38.4 Å². The maximum absolute atomic E-state index is 13.0. The number of piperidine rings is 1. The van der Waals surface area contributed by atoms with E-state index in [1.54, 1.807) is 0 Å². The molecular weight excluding hydrogens is 304 g/mol. The molecule has 1 fully saturated rings. The van der Waals surface area contributed by atoms with Crippen LogP contribution in [0.4, 0.5) is 14.5 Å². The van der Waals surface area contributed by atoms with Gasteiger partial charge in [0.05, 0.1) is 13.1 Å². The molecule has 1 heterocycles. The van der Waals surface area contributed by atoms with Gasteiger partial charge in [-0.1, -0.05) is 6.42 Å². The fourth-order valence-corrected chi connectivity index (χ4v) is 2.59. The number of halogens is 2. The summed E-state index contributed by atoms with van der Waals surface area (Å²) in [6.07, 6.45) is 3.33. The Hall–Kier alpha value is -2.02. The van der Waals surface area contributed by atoms with E-state index >= 15 is 0 Å². The number of amides is 2. The molecule has 0 saturated carbocycles. The zero-order valence-electron chi connectivity index (χ0n) is 13.1. The molecule has 1 aromatic rings. The van der Waals surface area contributed by atoms with Crippen molar-refractivity contribution in [3.8, 4) is 0 Å². The molecule has 5 nitrogen and oxygen atoms in total. The molecule has 0 aliphatic carbocycles. The highest BCUT2D eigenvalue weighted by atomic mass is 19.2. The quantitative estimate of drug-likeness (QED) is 0.869. The maximum atomic E-state index is 13.0. The Balaban J connectivity index is 1.75. The molecule has 1 atom stereocenters. The predicted octanol–water partition coefficient (Wildman–Crippen LogP) is 1.89. The summed E-state index contributed by atoms with van der Waals surface area (Å²) in [7, 11) is 0. The predicted molar refractivity (Wildman–Crippen MR) is 82.9 cm³/mol. The lowest BCUT2D eigenvalue weighted by molar-refractivity contribution is -0.125. The molecule has 1 aliphatic heterocycles. The van der Waals surface area contributed by atoms with E-state index < -0.39 is 17.5 Å². The second kappa shape index (κ2) is 8.01. The smallest absolute Gasteiger partial charge is 0.243 e. The van der Waals surface area contributed by atoms with Crippen molar-refractivity contribution >= 4 is 17.5 Å². The van der Waals surface area contributed by atoms with Gasteiger partial charge in [-0.2, -0.15) is 0 Å². The highest BCUT2D eigenvalue weighted by Crippen LogP contribution is 2.15. The van der Waals surface area contributed by atoms with Crippen molar-refractivity contribution in [2.75, 3.05) is 25.0 Å². The summed E-state index contributed by atoms with van der Waals surface area (Å²) in [6.45, 7) is 3.03. The number of nitrogens with one attached hydrogen (secondary N) is 2. The number of likely N-dealkylation sites (tertiary alicyclic amines) is 1. The molecule has 2 rings (SSSR count). The average molecular weight is 325 g/mol. The number of carbonyl (C=O) groups excluding carboxylic acids is 2. The lowest BCUT2D eigenvalue weighted by Crippen LogP contribution is -2.45. The Kier molecular flexibility index (Phi) is 6.04. The van der Waals surface area contributed by atoms with Crippen molar-refractivity contribution in [2.45, 2.75) is 32.2 Å². The van der Waals surface area contributed by atoms with E-state index in [-0.39, 0.29) is 24.7 Å². The normalized spacial score (nSPS) is 18.5. The van der Waals surface area contributed by atoms with Gasteiger partial charge >= 0.3 is 0 Å². The molecule has 1 aromatic carbocycles. The Morgan fingerprint density at radius 3 is 2.70 bits per heavy atom. The minimum atomic E-state index is -1.04. The zero-order valence-corrected chi connectivity index (χ0v) is 13.1. The minimum absolute atomic E-state index is 0.146. The van der Waals surface area contributed by atoms with Crippen molar-refractivity contribution in [3.05, 3.63) is 29.8 Å². The van der Waals surface area contributed by atoms with E-state index in [0.29, 0.717) is 6.04 Å². The van der Waals surface area contributed by atoms with Gasteiger partial charge in [-0.3, -0.25) is 14.5 Å². The summed E-state index contributed by atoms with van der Waals surface area (Å²) in [4.78, 5) is 25.7. The highest BCUT2D eigenvalue weighted by Gasteiger charge is 2.20. The topological polar surface area (TPSA) is 61.4 Å². The van der Waals surface area contributed by atoms with E-state index in [4.69, 9.17) is 0 Å². The molecular formula is C16H21F2N3O2. The van der Waals surface area contributed by atoms with Gasteiger partial charge < -0.3 is 10.6 Å². The first-order valence-electron chi connectivity index (χ1n) is 7.71. The van der Waals surface area contributed by atoms with Gasteiger partial charge in [0.25, 0.3) is 0 Å². The van der Waals surface area contributed by atoms with Gasteiger partial charge in [0.1, 0.15) is 0 Å². The molecule has 0 radical (unpaired) electrons. The van der Waals surface area contributed by atoms with Crippen molar-refractivity contribution < 1.29 is 18.4 Å². The fraction of sp³-hybridized carbons (Fsp3) is 0.500. The summed E-state index contributed by atoms with van der Waals surface area (Å²) in [6, 6.07) is 3.45. The van der Waals surface area contributed by atoms with Crippen LogP contribution < -0.4 is 10.6 Å². The molecule has 2 amide bonds. The molecule has 1 saturated heterocycles. The summed E-state index contributed by atoms with van der Waals surface area (Å²) in [5.74, 6) is -2.73. The molecule has 2 N–H and O–H groups in total. The first kappa shape index (κ1) is 17.3. The van der Waals surface area contributed by atoms with E-state index in [2.05, 4.69) is 22.5 Å². The van der Waals surface area contributed by atoms with Gasteiger partial charge in [-0.15, -0.1) is 0 Å². The number of rotatable bonds is 5. The standard InChI is InChI=1S/C16H21F2N3O2/c1-11-4-2-3-7-21(11)10-16(23)19-9-15(22)20-12-5-6-13(17)14(18)8-12/h5-6,8,11H,2-4,7,9-10H2,1H3,(H,19,23)(H,20,22)/t11-/m1/s1. The zero-order chi connectivity index (χ0) is 16.8. The van der Waals surface area contributed by atoms with E-state index in [0.717, 1.165) is 31.5 Å². The summed E-state index contributed by atoms with van der Waals surface area (Å²) < 4.78 is 25.8. The van der Waals surface area contributed by atoms with Crippen molar-refractivity contribution in [3.63, 3.8) is 0 Å². The van der Waals surface area contributed by atoms with Gasteiger partial charge in [0.15, 0.2) is 11.6 Å². The number of nitrogens with zero attached hydrogens (tertiary/aromatic N) is 1. The van der Waals surface area contributed by atoms with Crippen LogP contribution in [0.25, 0.3) is 0 Å². The SMILES string of the molecule is C[C@@H]1CCCCN1CC(=O)NCC(=O)Nc1ccc(F)c(F)c1. The molecule has 126 valence electrons. The second-order valence-electron chi connectivity index (χ2n) is 5.77. The Morgan fingerprint density at radius 2 is 2.00 bits per heavy atom. The third-order valence-electron chi connectivity index (χ3n) is 3.94. The fourth-order valence-electron chi connectivity index (χ4n) is 2.59. The highest BCUT2D eigenvalue weighted by molar-refractivity contribution is 5.94. The van der Waals surface area contributed by atoms with Crippen molar-refractivity contribution in [1.82, 2.24) is 10.2 Å². The van der Waals surface area contributed by atoms with Crippen LogP contribution in [0.2, 0.25) is 0 Å². The lowest BCUT2D eigenvalue weighted by atomic mass is 10.0. The largest absolute Gasteiger partial charge is 0.346 e. The number of anilines is 1. The maximum Gasteiger partial charge on any atom is 0.243 e. The average Bonchev–Trinajstić information content (AvgIpc) is 2.51. The number of hydrogen-bond acceptors (Lipinski definition) is 3. The van der Waals surface area contributed by atoms with Crippen molar-refractivity contribution in [2.24, 2.45) is 0 Å². The molecule has 0 aromatic heterocycles. The van der Waals surface area contributed by atoms with Crippen molar-refractivity contribution in [1.29, 1.82) is 0 Å². The summed E-state index contributed by atoms with van der Waals surface area (Å²) in [5.41, 5.74) is 0.146. The monoisotopic (exact) mass is 325 g/mol. The third-order valence-corrected chi connectivity index (χ3v) is 3.94. The van der Waals surface area contributed by atoms with Crippen LogP contribution in [0.1, 0.15) is 26.2 Å². The number of hydrogen-bond donors (Lipinski definition) is 2. The Bertz CT molecular complexity index is 580. The molecule has 0 unspecified atom stereocenters. The molecule has 7 heteroatoms. The van der Waals surface area contributed by atoms with E-state index in [1.807, 2.05) is 0 Å².